The summed E-state index contributed by atoms with van der Waals surface area (Å²) in [5.41, 5.74) is 1.51. The monoisotopic (exact) mass is 446 g/mol. The van der Waals surface area contributed by atoms with E-state index >= 15 is 0 Å². The van der Waals surface area contributed by atoms with Crippen LogP contribution in [0.1, 0.15) is 32.4 Å². The molecule has 0 fully saturated rings. The summed E-state index contributed by atoms with van der Waals surface area (Å²) in [6, 6.07) is 18.6. The summed E-state index contributed by atoms with van der Waals surface area (Å²) in [5.74, 6) is 0.208. The molecule has 0 spiro atoms. The van der Waals surface area contributed by atoms with E-state index in [1.807, 2.05) is 0 Å². The molecule has 33 heavy (non-hydrogen) atoms. The molecule has 166 valence electrons. The number of nitrogens with one attached hydrogen (secondary N) is 2. The third-order valence-electron chi connectivity index (χ3n) is 4.52. The third-order valence-corrected chi connectivity index (χ3v) is 4.52. The maximum absolute atomic E-state index is 13.3. The number of benzene rings is 3. The largest absolute Gasteiger partial charge is 0.485 e. The van der Waals surface area contributed by atoms with Crippen molar-refractivity contribution in [1.29, 1.82) is 0 Å². The Kier molecular flexibility index (Phi) is 6.40. The summed E-state index contributed by atoms with van der Waals surface area (Å²) in [6.45, 7) is 1.84. The number of aryl methyl sites for hydroxylation is 1. The fraction of sp³-hybridized carbons (Fsp3) is 0.0833. The van der Waals surface area contributed by atoms with E-state index in [4.69, 9.17) is 9.26 Å². The van der Waals surface area contributed by atoms with Crippen molar-refractivity contribution in [2.24, 2.45) is 0 Å². The maximum atomic E-state index is 13.3. The third kappa shape index (κ3) is 5.79. The molecule has 0 aliphatic heterocycles. The minimum Gasteiger partial charge on any atom is -0.485 e. The van der Waals surface area contributed by atoms with Gasteiger partial charge in [-0.3, -0.25) is 9.59 Å². The Labute approximate surface area is 188 Å². The predicted molar refractivity (Wildman–Crippen MR) is 119 cm³/mol. The highest BCUT2D eigenvalue weighted by atomic mass is 19.1. The molecule has 4 aromatic rings. The number of rotatable bonds is 7. The highest BCUT2D eigenvalue weighted by Gasteiger charge is 2.11. The van der Waals surface area contributed by atoms with E-state index in [9.17, 15) is 14.0 Å². The second-order valence-electron chi connectivity index (χ2n) is 7.04. The van der Waals surface area contributed by atoms with Gasteiger partial charge in [-0.05, 0) is 60.7 Å². The number of amides is 2. The Balaban J connectivity index is 1.36. The van der Waals surface area contributed by atoms with Gasteiger partial charge >= 0.3 is 0 Å². The molecule has 0 atom stereocenters. The zero-order valence-corrected chi connectivity index (χ0v) is 17.5. The molecule has 3 aromatic carbocycles. The topological polar surface area (TPSA) is 106 Å². The summed E-state index contributed by atoms with van der Waals surface area (Å²) < 4.78 is 23.8. The van der Waals surface area contributed by atoms with Gasteiger partial charge in [0.05, 0.1) is 0 Å². The first-order valence-electron chi connectivity index (χ1n) is 9.97. The molecule has 0 saturated carbocycles. The summed E-state index contributed by atoms with van der Waals surface area (Å²) >= 11 is 0. The molecule has 2 amide bonds. The van der Waals surface area contributed by atoms with Crippen molar-refractivity contribution in [1.82, 2.24) is 10.1 Å². The van der Waals surface area contributed by atoms with Gasteiger partial charge in [0.1, 0.15) is 11.6 Å². The minimum absolute atomic E-state index is 0.146. The van der Waals surface area contributed by atoms with Gasteiger partial charge in [0.2, 0.25) is 11.7 Å². The Morgan fingerprint density at radius 1 is 0.909 bits per heavy atom. The van der Waals surface area contributed by atoms with Gasteiger partial charge in [-0.2, -0.15) is 4.98 Å². The van der Waals surface area contributed by atoms with Crippen molar-refractivity contribution in [3.8, 4) is 5.75 Å². The highest BCUT2D eigenvalue weighted by Crippen LogP contribution is 2.17. The Morgan fingerprint density at radius 2 is 1.58 bits per heavy atom. The SMILES string of the molecule is Cc1nc(COc2ccc(C(=O)Nc3cccc(C(=O)Nc4cccc(F)c4)c3)cc2)no1. The van der Waals surface area contributed by atoms with Crippen molar-refractivity contribution in [2.75, 3.05) is 10.6 Å². The normalized spacial score (nSPS) is 10.5. The average Bonchev–Trinajstić information content (AvgIpc) is 3.23. The van der Waals surface area contributed by atoms with E-state index in [0.29, 0.717) is 40.0 Å². The van der Waals surface area contributed by atoms with Crippen LogP contribution in [0.2, 0.25) is 0 Å². The van der Waals surface area contributed by atoms with Crippen LogP contribution >= 0.6 is 0 Å². The highest BCUT2D eigenvalue weighted by molar-refractivity contribution is 6.07. The van der Waals surface area contributed by atoms with Gasteiger partial charge in [0.25, 0.3) is 11.8 Å². The summed E-state index contributed by atoms with van der Waals surface area (Å²) in [7, 11) is 0. The molecule has 0 bridgehead atoms. The van der Waals surface area contributed by atoms with Gasteiger partial charge in [-0.25, -0.2) is 4.39 Å². The lowest BCUT2D eigenvalue weighted by atomic mass is 10.1. The molecule has 8 nitrogen and oxygen atoms in total. The fourth-order valence-electron chi connectivity index (χ4n) is 2.96. The van der Waals surface area contributed by atoms with Gasteiger partial charge in [-0.1, -0.05) is 17.3 Å². The first-order chi connectivity index (χ1) is 16.0. The predicted octanol–water partition coefficient (Wildman–Crippen LogP) is 4.60. The Morgan fingerprint density at radius 3 is 2.24 bits per heavy atom. The average molecular weight is 446 g/mol. The van der Waals surface area contributed by atoms with Crippen LogP contribution in [0.4, 0.5) is 15.8 Å². The van der Waals surface area contributed by atoms with E-state index in [-0.39, 0.29) is 12.5 Å². The van der Waals surface area contributed by atoms with Crippen molar-refractivity contribution in [2.45, 2.75) is 13.5 Å². The van der Waals surface area contributed by atoms with Crippen LogP contribution in [-0.2, 0) is 6.61 Å². The van der Waals surface area contributed by atoms with Crippen molar-refractivity contribution < 1.29 is 23.2 Å². The molecule has 1 heterocycles. The molecular formula is C24H19FN4O4. The summed E-state index contributed by atoms with van der Waals surface area (Å²) in [5, 5.41) is 9.13. The number of hydrogen-bond acceptors (Lipinski definition) is 6. The molecule has 2 N–H and O–H groups in total. The van der Waals surface area contributed by atoms with Crippen molar-refractivity contribution in [3.63, 3.8) is 0 Å². The lowest BCUT2D eigenvalue weighted by Gasteiger charge is -2.09. The minimum atomic E-state index is -0.449. The molecule has 0 saturated heterocycles. The van der Waals surface area contributed by atoms with E-state index in [1.165, 1.54) is 24.3 Å². The smallest absolute Gasteiger partial charge is 0.255 e. The lowest BCUT2D eigenvalue weighted by Crippen LogP contribution is -2.14. The Bertz CT molecular complexity index is 1290. The van der Waals surface area contributed by atoms with Gasteiger partial charge < -0.3 is 19.9 Å². The molecular weight excluding hydrogens is 427 g/mol. The number of aromatic nitrogens is 2. The zero-order valence-electron chi connectivity index (χ0n) is 17.5. The first-order valence-corrected chi connectivity index (χ1v) is 9.97. The van der Waals surface area contributed by atoms with E-state index in [0.717, 1.165) is 0 Å². The zero-order chi connectivity index (χ0) is 23.2. The lowest BCUT2D eigenvalue weighted by molar-refractivity contribution is 0.101. The van der Waals surface area contributed by atoms with Gasteiger partial charge in [0.15, 0.2) is 6.61 Å². The second kappa shape index (κ2) is 9.73. The van der Waals surface area contributed by atoms with Crippen LogP contribution in [0.5, 0.6) is 5.75 Å². The number of anilines is 2. The van der Waals surface area contributed by atoms with E-state index in [2.05, 4.69) is 20.8 Å². The number of carbonyl (C=O) groups is 2. The standard InChI is InChI=1S/C24H19FN4O4/c1-15-26-22(29-33-15)14-32-21-10-8-16(9-11-21)23(30)27-19-6-2-4-17(12-19)24(31)28-20-7-3-5-18(25)13-20/h2-13H,14H2,1H3,(H,27,30)(H,28,31). The van der Waals surface area contributed by atoms with Crippen LogP contribution < -0.4 is 15.4 Å². The van der Waals surface area contributed by atoms with Crippen LogP contribution in [0.15, 0.2) is 77.3 Å². The number of ether oxygens (including phenoxy) is 1. The summed E-state index contributed by atoms with van der Waals surface area (Å²) in [4.78, 5) is 29.1. The van der Waals surface area contributed by atoms with E-state index in [1.54, 1.807) is 55.5 Å². The molecule has 1 aromatic heterocycles. The molecule has 4 rings (SSSR count). The van der Waals surface area contributed by atoms with Gasteiger partial charge in [0, 0.05) is 29.4 Å². The fourth-order valence-corrected chi connectivity index (χ4v) is 2.96. The molecule has 0 radical (unpaired) electrons. The van der Waals surface area contributed by atoms with Crippen molar-refractivity contribution >= 4 is 23.2 Å². The molecule has 0 unspecified atom stereocenters. The quantitative estimate of drug-likeness (QED) is 0.430. The first kappa shape index (κ1) is 21.7. The van der Waals surface area contributed by atoms with E-state index < -0.39 is 11.7 Å². The van der Waals surface area contributed by atoms with Crippen LogP contribution in [0.3, 0.4) is 0 Å². The van der Waals surface area contributed by atoms with Crippen LogP contribution in [0, 0.1) is 12.7 Å². The van der Waals surface area contributed by atoms with Gasteiger partial charge in [-0.15, -0.1) is 0 Å². The second-order valence-corrected chi connectivity index (χ2v) is 7.04. The Hall–Kier alpha value is -4.53. The number of halogens is 1. The van der Waals surface area contributed by atoms with Crippen LogP contribution in [-0.4, -0.2) is 22.0 Å². The maximum Gasteiger partial charge on any atom is 0.255 e. The number of carbonyl (C=O) groups excluding carboxylic acids is 2. The summed E-state index contributed by atoms with van der Waals surface area (Å²) in [6.07, 6.45) is 0. The number of nitrogens with zero attached hydrogens (tertiary/aromatic N) is 2. The van der Waals surface area contributed by atoms with Crippen molar-refractivity contribution in [3.05, 3.63) is 101 Å². The molecule has 9 heteroatoms. The molecule has 0 aliphatic carbocycles. The van der Waals surface area contributed by atoms with Crippen LogP contribution in [0.25, 0.3) is 0 Å². The number of hydrogen-bond donors (Lipinski definition) is 2. The molecule has 0 aliphatic rings.